The van der Waals surface area contributed by atoms with Crippen molar-refractivity contribution in [3.63, 3.8) is 0 Å². The molecule has 104 valence electrons. The molecular weight excluding hydrogens is 257 g/mol. The van der Waals surface area contributed by atoms with Gasteiger partial charge >= 0.3 is 0 Å². The molecule has 5 nitrogen and oxygen atoms in total. The number of hydrogen-bond donors (Lipinski definition) is 1. The topological polar surface area (TPSA) is 67.9 Å². The van der Waals surface area contributed by atoms with Crippen molar-refractivity contribution in [1.29, 1.82) is 0 Å². The van der Waals surface area contributed by atoms with E-state index in [-0.39, 0.29) is 11.9 Å². The fraction of sp³-hybridized carbons (Fsp3) is 0.357. The lowest BCUT2D eigenvalue weighted by Gasteiger charge is -2.30. The summed E-state index contributed by atoms with van der Waals surface area (Å²) in [6.07, 6.45) is 6.52. The summed E-state index contributed by atoms with van der Waals surface area (Å²) in [7, 11) is 0. The highest BCUT2D eigenvalue weighted by atomic mass is 19.1. The molecule has 2 aromatic rings. The van der Waals surface area contributed by atoms with Gasteiger partial charge in [-0.3, -0.25) is 4.98 Å². The number of anilines is 1. The number of nitrogens with zero attached hydrogens (tertiary/aromatic N) is 4. The van der Waals surface area contributed by atoms with Gasteiger partial charge in [0.15, 0.2) is 0 Å². The van der Waals surface area contributed by atoms with Gasteiger partial charge < -0.3 is 10.6 Å². The number of aromatic nitrogens is 3. The van der Waals surface area contributed by atoms with Gasteiger partial charge in [0.1, 0.15) is 5.82 Å². The van der Waals surface area contributed by atoms with Gasteiger partial charge in [0, 0.05) is 37.1 Å². The molecule has 2 aromatic heterocycles. The van der Waals surface area contributed by atoms with Crippen LogP contribution in [0.25, 0.3) is 11.3 Å². The molecule has 0 aliphatic carbocycles. The summed E-state index contributed by atoms with van der Waals surface area (Å²) in [6.45, 7) is 1.66. The molecule has 0 bridgehead atoms. The maximum Gasteiger partial charge on any atom is 0.225 e. The Labute approximate surface area is 116 Å². The van der Waals surface area contributed by atoms with E-state index in [1.807, 2.05) is 0 Å². The molecule has 0 amide bonds. The molecule has 1 atom stereocenters. The summed E-state index contributed by atoms with van der Waals surface area (Å²) in [5.41, 5.74) is 7.29. The van der Waals surface area contributed by atoms with Gasteiger partial charge in [-0.1, -0.05) is 0 Å². The first-order valence-corrected chi connectivity index (χ1v) is 6.67. The minimum absolute atomic E-state index is 0.159. The number of piperidine rings is 1. The third-order valence-corrected chi connectivity index (χ3v) is 3.38. The van der Waals surface area contributed by atoms with Crippen LogP contribution in [0.1, 0.15) is 12.8 Å². The third kappa shape index (κ3) is 2.75. The van der Waals surface area contributed by atoms with E-state index < -0.39 is 0 Å². The van der Waals surface area contributed by atoms with Crippen molar-refractivity contribution in [2.24, 2.45) is 5.73 Å². The standard InChI is InChI=1S/C14H16FN5/c15-11-6-10(7-17-8-11)13-3-4-18-14(19-13)20-5-1-2-12(16)9-20/h3-4,6-8,12H,1-2,5,9,16H2. The Kier molecular flexibility index (Phi) is 3.56. The minimum Gasteiger partial charge on any atom is -0.339 e. The maximum absolute atomic E-state index is 13.2. The van der Waals surface area contributed by atoms with E-state index in [1.54, 1.807) is 18.5 Å². The van der Waals surface area contributed by atoms with Gasteiger partial charge in [0.25, 0.3) is 0 Å². The molecular formula is C14H16FN5. The maximum atomic E-state index is 13.2. The summed E-state index contributed by atoms with van der Waals surface area (Å²) in [5, 5.41) is 0. The molecule has 1 saturated heterocycles. The SMILES string of the molecule is NC1CCCN(c2nccc(-c3cncc(F)c3)n2)C1. The Morgan fingerprint density at radius 1 is 1.35 bits per heavy atom. The first-order valence-electron chi connectivity index (χ1n) is 6.67. The molecule has 1 unspecified atom stereocenters. The van der Waals surface area contributed by atoms with E-state index in [0.717, 1.165) is 25.9 Å². The molecule has 1 aliphatic heterocycles. The fourth-order valence-electron chi connectivity index (χ4n) is 2.41. The third-order valence-electron chi connectivity index (χ3n) is 3.38. The number of halogens is 1. The van der Waals surface area contributed by atoms with Crippen LogP contribution in [0, 0.1) is 5.82 Å². The van der Waals surface area contributed by atoms with Crippen molar-refractivity contribution < 1.29 is 4.39 Å². The average molecular weight is 273 g/mol. The molecule has 1 fully saturated rings. The monoisotopic (exact) mass is 273 g/mol. The van der Waals surface area contributed by atoms with Gasteiger partial charge in [-0.2, -0.15) is 0 Å². The van der Waals surface area contributed by atoms with E-state index in [1.165, 1.54) is 12.3 Å². The average Bonchev–Trinajstić information content (AvgIpc) is 2.47. The van der Waals surface area contributed by atoms with E-state index >= 15 is 0 Å². The van der Waals surface area contributed by atoms with Crippen LogP contribution in [0.5, 0.6) is 0 Å². The summed E-state index contributed by atoms with van der Waals surface area (Å²) >= 11 is 0. The van der Waals surface area contributed by atoms with Crippen LogP contribution in [0.2, 0.25) is 0 Å². The predicted octanol–water partition coefficient (Wildman–Crippen LogP) is 1.61. The molecule has 6 heteroatoms. The highest BCUT2D eigenvalue weighted by Gasteiger charge is 2.19. The highest BCUT2D eigenvalue weighted by Crippen LogP contribution is 2.20. The summed E-state index contributed by atoms with van der Waals surface area (Å²) in [6, 6.07) is 3.33. The molecule has 0 radical (unpaired) electrons. The van der Waals surface area contributed by atoms with Crippen LogP contribution in [-0.2, 0) is 0 Å². The van der Waals surface area contributed by atoms with Crippen molar-refractivity contribution in [2.75, 3.05) is 18.0 Å². The summed E-state index contributed by atoms with van der Waals surface area (Å²) < 4.78 is 13.2. The fourth-order valence-corrected chi connectivity index (χ4v) is 2.41. The summed E-state index contributed by atoms with van der Waals surface area (Å²) in [5.74, 6) is 0.268. The molecule has 2 N–H and O–H groups in total. The molecule has 3 heterocycles. The van der Waals surface area contributed by atoms with Gasteiger partial charge in [-0.25, -0.2) is 14.4 Å². The first kappa shape index (κ1) is 12.9. The van der Waals surface area contributed by atoms with E-state index in [2.05, 4.69) is 19.9 Å². The number of hydrogen-bond acceptors (Lipinski definition) is 5. The normalized spacial score (nSPS) is 19.1. The molecule has 3 rings (SSSR count). The van der Waals surface area contributed by atoms with Crippen molar-refractivity contribution >= 4 is 5.95 Å². The van der Waals surface area contributed by atoms with E-state index in [0.29, 0.717) is 17.2 Å². The smallest absolute Gasteiger partial charge is 0.225 e. The second-order valence-corrected chi connectivity index (χ2v) is 4.98. The lowest BCUT2D eigenvalue weighted by atomic mass is 10.1. The van der Waals surface area contributed by atoms with Gasteiger partial charge in [0.2, 0.25) is 5.95 Å². The van der Waals surface area contributed by atoms with Crippen molar-refractivity contribution in [3.8, 4) is 11.3 Å². The minimum atomic E-state index is -0.373. The Morgan fingerprint density at radius 3 is 3.05 bits per heavy atom. The van der Waals surface area contributed by atoms with Gasteiger partial charge in [-0.15, -0.1) is 0 Å². The lowest BCUT2D eigenvalue weighted by molar-refractivity contribution is 0.500. The predicted molar refractivity (Wildman–Crippen MR) is 74.6 cm³/mol. The van der Waals surface area contributed by atoms with Gasteiger partial charge in [0.05, 0.1) is 11.9 Å². The molecule has 0 spiro atoms. The van der Waals surface area contributed by atoms with Crippen LogP contribution in [-0.4, -0.2) is 34.1 Å². The lowest BCUT2D eigenvalue weighted by Crippen LogP contribution is -2.43. The van der Waals surface area contributed by atoms with E-state index in [9.17, 15) is 4.39 Å². The number of pyridine rings is 1. The molecule has 1 aliphatic rings. The van der Waals surface area contributed by atoms with Crippen LogP contribution in [0.4, 0.5) is 10.3 Å². The van der Waals surface area contributed by atoms with Crippen LogP contribution < -0.4 is 10.6 Å². The van der Waals surface area contributed by atoms with Crippen LogP contribution >= 0.6 is 0 Å². The second-order valence-electron chi connectivity index (χ2n) is 4.98. The first-order chi connectivity index (χ1) is 9.72. The van der Waals surface area contributed by atoms with Crippen LogP contribution in [0.3, 0.4) is 0 Å². The van der Waals surface area contributed by atoms with E-state index in [4.69, 9.17) is 5.73 Å². The van der Waals surface area contributed by atoms with Crippen molar-refractivity contribution in [1.82, 2.24) is 15.0 Å². The highest BCUT2D eigenvalue weighted by molar-refractivity contribution is 5.59. The summed E-state index contributed by atoms with van der Waals surface area (Å²) in [4.78, 5) is 14.7. The second kappa shape index (κ2) is 5.50. The molecule has 0 saturated carbocycles. The Hall–Kier alpha value is -2.08. The molecule has 0 aromatic carbocycles. The zero-order chi connectivity index (χ0) is 13.9. The Balaban J connectivity index is 1.89. The van der Waals surface area contributed by atoms with Crippen molar-refractivity contribution in [2.45, 2.75) is 18.9 Å². The van der Waals surface area contributed by atoms with Crippen LogP contribution in [0.15, 0.2) is 30.7 Å². The Morgan fingerprint density at radius 2 is 2.25 bits per heavy atom. The number of nitrogens with two attached hydrogens (primary N) is 1. The Bertz CT molecular complexity index is 604. The number of rotatable bonds is 2. The zero-order valence-corrected chi connectivity index (χ0v) is 11.0. The zero-order valence-electron chi connectivity index (χ0n) is 11.0. The molecule has 20 heavy (non-hydrogen) atoms. The van der Waals surface area contributed by atoms with Gasteiger partial charge in [-0.05, 0) is 25.0 Å². The quantitative estimate of drug-likeness (QED) is 0.900. The largest absolute Gasteiger partial charge is 0.339 e. The van der Waals surface area contributed by atoms with Crippen molar-refractivity contribution in [3.05, 3.63) is 36.5 Å².